The molecule has 0 aromatic heterocycles. The Hall–Kier alpha value is -1.55. The maximum absolute atomic E-state index is 12.8. The SMILES string of the molecule is CC(N)C=NC(=N)c1cccc(F)c1. The van der Waals surface area contributed by atoms with Gasteiger partial charge in [-0.3, -0.25) is 5.41 Å². The lowest BCUT2D eigenvalue weighted by molar-refractivity contribution is 0.627. The fourth-order valence-corrected chi connectivity index (χ4v) is 0.902. The van der Waals surface area contributed by atoms with Crippen LogP contribution in [0.2, 0.25) is 0 Å². The van der Waals surface area contributed by atoms with Crippen LogP contribution in [0.1, 0.15) is 12.5 Å². The summed E-state index contributed by atoms with van der Waals surface area (Å²) in [5.41, 5.74) is 5.87. The summed E-state index contributed by atoms with van der Waals surface area (Å²) >= 11 is 0. The van der Waals surface area contributed by atoms with E-state index in [9.17, 15) is 4.39 Å². The third-order valence-corrected chi connectivity index (χ3v) is 1.54. The van der Waals surface area contributed by atoms with Crippen molar-refractivity contribution in [2.45, 2.75) is 13.0 Å². The van der Waals surface area contributed by atoms with Crippen molar-refractivity contribution in [3.05, 3.63) is 35.6 Å². The van der Waals surface area contributed by atoms with E-state index in [2.05, 4.69) is 4.99 Å². The molecule has 3 N–H and O–H groups in total. The third-order valence-electron chi connectivity index (χ3n) is 1.54. The molecule has 0 aliphatic heterocycles. The van der Waals surface area contributed by atoms with Gasteiger partial charge in [0, 0.05) is 17.8 Å². The van der Waals surface area contributed by atoms with Gasteiger partial charge in [-0.2, -0.15) is 0 Å². The van der Waals surface area contributed by atoms with Crippen LogP contribution in [0, 0.1) is 11.2 Å². The molecule has 0 saturated carbocycles. The van der Waals surface area contributed by atoms with E-state index in [1.54, 1.807) is 19.1 Å². The van der Waals surface area contributed by atoms with Crippen LogP contribution in [0.25, 0.3) is 0 Å². The van der Waals surface area contributed by atoms with Crippen molar-refractivity contribution >= 4 is 12.1 Å². The van der Waals surface area contributed by atoms with Crippen LogP contribution in [-0.2, 0) is 0 Å². The molecule has 0 spiro atoms. The fourth-order valence-electron chi connectivity index (χ4n) is 0.902. The molecular formula is C10H12FN3. The highest BCUT2D eigenvalue weighted by Crippen LogP contribution is 2.04. The van der Waals surface area contributed by atoms with Gasteiger partial charge >= 0.3 is 0 Å². The van der Waals surface area contributed by atoms with Gasteiger partial charge in [0.05, 0.1) is 0 Å². The molecule has 0 aliphatic carbocycles. The molecule has 0 heterocycles. The Kier molecular flexibility index (Phi) is 3.48. The molecule has 0 fully saturated rings. The normalized spacial score (nSPS) is 13.1. The van der Waals surface area contributed by atoms with E-state index in [1.807, 2.05) is 0 Å². The molecule has 0 saturated heterocycles. The topological polar surface area (TPSA) is 62.2 Å². The van der Waals surface area contributed by atoms with Gasteiger partial charge in [0.25, 0.3) is 0 Å². The summed E-state index contributed by atoms with van der Waals surface area (Å²) in [5.74, 6) is -0.356. The van der Waals surface area contributed by atoms with Gasteiger partial charge in [-0.05, 0) is 19.1 Å². The first kappa shape index (κ1) is 10.5. The van der Waals surface area contributed by atoms with Gasteiger partial charge in [-0.25, -0.2) is 9.38 Å². The molecule has 0 bridgehead atoms. The third kappa shape index (κ3) is 3.06. The highest BCUT2D eigenvalue weighted by Gasteiger charge is 1.99. The van der Waals surface area contributed by atoms with E-state index < -0.39 is 0 Å². The molecule has 74 valence electrons. The summed E-state index contributed by atoms with van der Waals surface area (Å²) in [7, 11) is 0. The molecule has 3 nitrogen and oxygen atoms in total. The Morgan fingerprint density at radius 1 is 1.64 bits per heavy atom. The van der Waals surface area contributed by atoms with Crippen LogP contribution in [0.5, 0.6) is 0 Å². The number of amidine groups is 1. The highest BCUT2D eigenvalue weighted by atomic mass is 19.1. The van der Waals surface area contributed by atoms with Crippen LogP contribution >= 0.6 is 0 Å². The first-order chi connectivity index (χ1) is 6.59. The zero-order valence-corrected chi connectivity index (χ0v) is 7.87. The minimum atomic E-state index is -0.372. The van der Waals surface area contributed by atoms with Crippen LogP contribution in [0.3, 0.4) is 0 Å². The van der Waals surface area contributed by atoms with Gasteiger partial charge in [-0.1, -0.05) is 12.1 Å². The summed E-state index contributed by atoms with van der Waals surface area (Å²) in [5, 5.41) is 7.50. The molecule has 14 heavy (non-hydrogen) atoms. The van der Waals surface area contributed by atoms with Crippen molar-refractivity contribution < 1.29 is 4.39 Å². The van der Waals surface area contributed by atoms with Crippen LogP contribution < -0.4 is 5.73 Å². The minimum Gasteiger partial charge on any atom is -0.323 e. The van der Waals surface area contributed by atoms with E-state index in [1.165, 1.54) is 18.3 Å². The van der Waals surface area contributed by atoms with E-state index in [0.717, 1.165) is 0 Å². The summed E-state index contributed by atoms with van der Waals surface area (Å²) in [6.45, 7) is 1.75. The summed E-state index contributed by atoms with van der Waals surface area (Å²) in [6.07, 6.45) is 1.45. The molecule has 4 heteroatoms. The minimum absolute atomic E-state index is 0.0156. The standard InChI is InChI=1S/C10H12FN3/c1-7(12)6-14-10(13)8-3-2-4-9(11)5-8/h2-7,13H,12H2,1H3. The number of rotatable bonds is 2. The number of hydrogen-bond donors (Lipinski definition) is 2. The predicted molar refractivity (Wildman–Crippen MR) is 55.4 cm³/mol. The molecule has 0 radical (unpaired) electrons. The molecule has 1 aromatic rings. The molecule has 0 aliphatic rings. The van der Waals surface area contributed by atoms with Crippen LogP contribution in [0.4, 0.5) is 4.39 Å². The van der Waals surface area contributed by atoms with E-state index >= 15 is 0 Å². The van der Waals surface area contributed by atoms with Crippen molar-refractivity contribution in [3.63, 3.8) is 0 Å². The maximum Gasteiger partial charge on any atom is 0.151 e. The van der Waals surface area contributed by atoms with Gasteiger partial charge in [0.1, 0.15) is 5.82 Å². The lowest BCUT2D eigenvalue weighted by atomic mass is 10.2. The monoisotopic (exact) mass is 193 g/mol. The van der Waals surface area contributed by atoms with Gasteiger partial charge < -0.3 is 5.73 Å². The van der Waals surface area contributed by atoms with Crippen molar-refractivity contribution in [2.24, 2.45) is 10.7 Å². The Morgan fingerprint density at radius 2 is 2.36 bits per heavy atom. The number of nitrogens with one attached hydrogen (secondary N) is 1. The zero-order chi connectivity index (χ0) is 10.6. The van der Waals surface area contributed by atoms with E-state index in [0.29, 0.717) is 5.56 Å². The molecule has 1 rings (SSSR count). The maximum atomic E-state index is 12.8. The first-order valence-electron chi connectivity index (χ1n) is 4.24. The lowest BCUT2D eigenvalue weighted by Gasteiger charge is -1.99. The second-order valence-electron chi connectivity index (χ2n) is 3.00. The number of halogens is 1. The number of hydrogen-bond acceptors (Lipinski definition) is 2. The number of benzene rings is 1. The number of aliphatic imine (C=N–C) groups is 1. The Morgan fingerprint density at radius 3 is 2.93 bits per heavy atom. The largest absolute Gasteiger partial charge is 0.323 e. The molecule has 1 unspecified atom stereocenters. The predicted octanol–water partition coefficient (Wildman–Crippen LogP) is 1.57. The molecule has 0 amide bonds. The second-order valence-corrected chi connectivity index (χ2v) is 3.00. The Bertz CT molecular complexity index is 358. The van der Waals surface area contributed by atoms with Crippen LogP contribution in [0.15, 0.2) is 29.3 Å². The zero-order valence-electron chi connectivity index (χ0n) is 7.87. The highest BCUT2D eigenvalue weighted by molar-refractivity contribution is 6.01. The van der Waals surface area contributed by atoms with Crippen molar-refractivity contribution in [1.29, 1.82) is 5.41 Å². The van der Waals surface area contributed by atoms with Gasteiger partial charge in [0.15, 0.2) is 5.84 Å². The van der Waals surface area contributed by atoms with Crippen molar-refractivity contribution in [3.8, 4) is 0 Å². The average molecular weight is 193 g/mol. The Labute approximate surface area is 82.0 Å². The van der Waals surface area contributed by atoms with Gasteiger partial charge in [0.2, 0.25) is 0 Å². The summed E-state index contributed by atoms with van der Waals surface area (Å²) < 4.78 is 12.8. The number of nitrogens with two attached hydrogens (primary N) is 1. The Balaban J connectivity index is 2.80. The molecule has 1 atom stereocenters. The molecule has 1 aromatic carbocycles. The second kappa shape index (κ2) is 4.62. The lowest BCUT2D eigenvalue weighted by Crippen LogP contribution is -2.16. The molecular weight excluding hydrogens is 181 g/mol. The quantitative estimate of drug-likeness (QED) is 0.543. The average Bonchev–Trinajstić information content (AvgIpc) is 2.14. The van der Waals surface area contributed by atoms with Gasteiger partial charge in [-0.15, -0.1) is 0 Å². The van der Waals surface area contributed by atoms with Crippen molar-refractivity contribution in [1.82, 2.24) is 0 Å². The summed E-state index contributed by atoms with van der Waals surface area (Å²) in [4.78, 5) is 3.80. The van der Waals surface area contributed by atoms with E-state index in [4.69, 9.17) is 11.1 Å². The van der Waals surface area contributed by atoms with Crippen molar-refractivity contribution in [2.75, 3.05) is 0 Å². The summed E-state index contributed by atoms with van der Waals surface area (Å²) in [6, 6.07) is 5.56. The fraction of sp³-hybridized carbons (Fsp3) is 0.200. The number of nitrogens with zero attached hydrogens (tertiary/aromatic N) is 1. The first-order valence-corrected chi connectivity index (χ1v) is 4.24. The smallest absolute Gasteiger partial charge is 0.151 e. The van der Waals surface area contributed by atoms with E-state index in [-0.39, 0.29) is 17.7 Å². The van der Waals surface area contributed by atoms with Crippen LogP contribution in [-0.4, -0.2) is 18.1 Å².